The first-order valence-corrected chi connectivity index (χ1v) is 15.4. The zero-order valence-electron chi connectivity index (χ0n) is 23.9. The second-order valence-corrected chi connectivity index (χ2v) is 12.6. The van der Waals surface area contributed by atoms with Crippen LogP contribution >= 0.6 is 31.9 Å². The summed E-state index contributed by atoms with van der Waals surface area (Å²) in [5.74, 6) is -0.695. The Morgan fingerprint density at radius 1 is 0.767 bits per heavy atom. The second kappa shape index (κ2) is 16.7. The smallest absolute Gasteiger partial charge is 0.303 e. The highest BCUT2D eigenvalue weighted by atomic mass is 79.9. The number of rotatable bonds is 14. The zero-order valence-corrected chi connectivity index (χ0v) is 27.1. The molecule has 8 nitrogen and oxygen atoms in total. The van der Waals surface area contributed by atoms with Gasteiger partial charge < -0.3 is 28.4 Å². The molecular weight excluding hydrogens is 684 g/mol. The quantitative estimate of drug-likeness (QED) is 0.173. The van der Waals surface area contributed by atoms with Crippen molar-refractivity contribution in [1.29, 1.82) is 0 Å². The highest BCUT2D eigenvalue weighted by Gasteiger charge is 2.52. The molecule has 1 aliphatic rings. The normalized spacial score (nSPS) is 19.3. The fourth-order valence-electron chi connectivity index (χ4n) is 4.71. The number of carbonyl (C=O) groups is 2. The molecule has 4 rings (SSSR count). The topological polar surface area (TPSA) is 89.5 Å². The minimum absolute atomic E-state index is 0.0198. The van der Waals surface area contributed by atoms with E-state index < -0.39 is 42.5 Å². The van der Waals surface area contributed by atoms with Crippen molar-refractivity contribution in [1.82, 2.24) is 0 Å². The first-order valence-electron chi connectivity index (χ1n) is 13.8. The third kappa shape index (κ3) is 10.0. The molecule has 0 aliphatic carbocycles. The van der Waals surface area contributed by atoms with Crippen LogP contribution in [0.2, 0.25) is 0 Å². The molecule has 43 heavy (non-hydrogen) atoms. The predicted molar refractivity (Wildman–Crippen MR) is 167 cm³/mol. The third-order valence-electron chi connectivity index (χ3n) is 6.59. The van der Waals surface area contributed by atoms with Crippen molar-refractivity contribution in [3.8, 4) is 0 Å². The molecule has 0 spiro atoms. The van der Waals surface area contributed by atoms with Crippen molar-refractivity contribution in [2.45, 2.75) is 64.2 Å². The first kappa shape index (κ1) is 32.9. The first-order chi connectivity index (χ1) is 20.8. The standard InChI is InChI=1S/C33H34Br2O8/c1-22(36)41-27(21-38-18-24-12-6-3-7-13-24)28(39-19-25-14-8-4-9-15-25)30-29(40-20-26-16-10-5-11-17-26)31(42-23(2)37)32(43-30)33(34)35/h3-17,27-31H,18-21H2,1-2H3/t27-,28-,29-,30+,31+/m1/s1. The van der Waals surface area contributed by atoms with E-state index in [-0.39, 0.29) is 19.8 Å². The summed E-state index contributed by atoms with van der Waals surface area (Å²) in [6, 6.07) is 28.9. The molecule has 1 heterocycles. The number of hydrogen-bond donors (Lipinski definition) is 0. The van der Waals surface area contributed by atoms with E-state index in [0.717, 1.165) is 16.7 Å². The van der Waals surface area contributed by atoms with Crippen LogP contribution in [0.1, 0.15) is 30.5 Å². The van der Waals surface area contributed by atoms with Gasteiger partial charge in [-0.05, 0) is 48.6 Å². The summed E-state index contributed by atoms with van der Waals surface area (Å²) in [6.45, 7) is 3.39. The van der Waals surface area contributed by atoms with Crippen LogP contribution in [0.25, 0.3) is 0 Å². The van der Waals surface area contributed by atoms with Crippen molar-refractivity contribution in [3.63, 3.8) is 0 Å². The largest absolute Gasteiger partial charge is 0.483 e. The molecule has 0 saturated carbocycles. The molecule has 0 amide bonds. The van der Waals surface area contributed by atoms with Crippen LogP contribution in [0.4, 0.5) is 0 Å². The minimum Gasteiger partial charge on any atom is -0.483 e. The van der Waals surface area contributed by atoms with Crippen molar-refractivity contribution < 1.29 is 38.0 Å². The van der Waals surface area contributed by atoms with Gasteiger partial charge in [-0.1, -0.05) is 91.0 Å². The maximum atomic E-state index is 12.4. The van der Waals surface area contributed by atoms with E-state index in [1.807, 2.05) is 91.0 Å². The number of carbonyl (C=O) groups excluding carboxylic acids is 2. The Labute approximate surface area is 268 Å². The molecule has 0 aromatic heterocycles. The van der Waals surface area contributed by atoms with Crippen LogP contribution in [0.15, 0.2) is 100 Å². The van der Waals surface area contributed by atoms with Crippen LogP contribution in [-0.2, 0) is 57.8 Å². The molecular formula is C33H34Br2O8. The van der Waals surface area contributed by atoms with Crippen LogP contribution in [0, 0.1) is 0 Å². The Kier molecular flexibility index (Phi) is 12.8. The van der Waals surface area contributed by atoms with Gasteiger partial charge in [-0.3, -0.25) is 9.59 Å². The Hall–Kier alpha value is -3.02. The highest BCUT2D eigenvalue weighted by Crippen LogP contribution is 2.39. The van der Waals surface area contributed by atoms with Gasteiger partial charge >= 0.3 is 11.9 Å². The van der Waals surface area contributed by atoms with Crippen molar-refractivity contribution in [2.24, 2.45) is 0 Å². The minimum atomic E-state index is -0.911. The van der Waals surface area contributed by atoms with Gasteiger partial charge in [0, 0.05) is 13.8 Å². The summed E-state index contributed by atoms with van der Waals surface area (Å²) in [5, 5.41) is 0. The number of hydrogen-bond acceptors (Lipinski definition) is 8. The molecule has 0 unspecified atom stereocenters. The zero-order chi connectivity index (χ0) is 30.6. The van der Waals surface area contributed by atoms with Gasteiger partial charge in [-0.2, -0.15) is 0 Å². The van der Waals surface area contributed by atoms with E-state index >= 15 is 0 Å². The van der Waals surface area contributed by atoms with E-state index in [1.165, 1.54) is 13.8 Å². The summed E-state index contributed by atoms with van der Waals surface area (Å²) in [7, 11) is 0. The SMILES string of the molecule is CC(=O)O[C@@H]1C(=C(Br)Br)O[C@@H]([C@H](OCc2ccccc2)[C@@H](COCc2ccccc2)OC(C)=O)[C@H]1OCc1ccccc1. The van der Waals surface area contributed by atoms with E-state index in [9.17, 15) is 9.59 Å². The lowest BCUT2D eigenvalue weighted by molar-refractivity contribution is -0.184. The molecule has 228 valence electrons. The van der Waals surface area contributed by atoms with Gasteiger partial charge in [0.05, 0.1) is 26.4 Å². The van der Waals surface area contributed by atoms with Crippen molar-refractivity contribution >= 4 is 43.8 Å². The maximum Gasteiger partial charge on any atom is 0.303 e. The number of halogens is 2. The van der Waals surface area contributed by atoms with E-state index in [4.69, 9.17) is 28.4 Å². The summed E-state index contributed by atoms with van der Waals surface area (Å²) in [5.41, 5.74) is 2.80. The van der Waals surface area contributed by atoms with Crippen LogP contribution in [0.5, 0.6) is 0 Å². The third-order valence-corrected chi connectivity index (χ3v) is 7.38. The molecule has 3 aromatic rings. The monoisotopic (exact) mass is 716 g/mol. The average Bonchev–Trinajstić information content (AvgIpc) is 3.34. The van der Waals surface area contributed by atoms with Gasteiger partial charge in [-0.15, -0.1) is 0 Å². The van der Waals surface area contributed by atoms with E-state index in [1.54, 1.807) is 0 Å². The Morgan fingerprint density at radius 2 is 1.30 bits per heavy atom. The molecule has 5 atom stereocenters. The molecule has 1 saturated heterocycles. The van der Waals surface area contributed by atoms with Gasteiger partial charge in [0.2, 0.25) is 0 Å². The Morgan fingerprint density at radius 3 is 1.81 bits per heavy atom. The number of esters is 2. The molecule has 0 bridgehead atoms. The summed E-state index contributed by atoms with van der Waals surface area (Å²) in [4.78, 5) is 24.6. The lowest BCUT2D eigenvalue weighted by Crippen LogP contribution is -2.50. The lowest BCUT2D eigenvalue weighted by Gasteiger charge is -2.33. The van der Waals surface area contributed by atoms with Crippen molar-refractivity contribution in [3.05, 3.63) is 117 Å². The lowest BCUT2D eigenvalue weighted by atomic mass is 10.00. The Balaban J connectivity index is 1.67. The van der Waals surface area contributed by atoms with Crippen LogP contribution < -0.4 is 0 Å². The summed E-state index contributed by atoms with van der Waals surface area (Å²) >= 11 is 6.85. The molecule has 0 radical (unpaired) electrons. The number of ether oxygens (including phenoxy) is 6. The van der Waals surface area contributed by atoms with Gasteiger partial charge in [0.25, 0.3) is 0 Å². The van der Waals surface area contributed by atoms with Gasteiger partial charge in [0.1, 0.15) is 15.6 Å². The summed E-state index contributed by atoms with van der Waals surface area (Å²) < 4.78 is 37.3. The van der Waals surface area contributed by atoms with Crippen molar-refractivity contribution in [2.75, 3.05) is 6.61 Å². The fourth-order valence-corrected chi connectivity index (χ4v) is 5.35. The second-order valence-electron chi connectivity index (χ2n) is 9.91. The van der Waals surface area contributed by atoms with Gasteiger partial charge in [0.15, 0.2) is 24.1 Å². The molecule has 10 heteroatoms. The molecule has 1 fully saturated rings. The highest BCUT2D eigenvalue weighted by molar-refractivity contribution is 9.28. The Bertz CT molecular complexity index is 1330. The van der Waals surface area contributed by atoms with E-state index in [0.29, 0.717) is 15.8 Å². The average molecular weight is 718 g/mol. The molecule has 0 N–H and O–H groups in total. The summed E-state index contributed by atoms with van der Waals surface area (Å²) in [6.07, 6.45) is -4.36. The van der Waals surface area contributed by atoms with Gasteiger partial charge in [-0.25, -0.2) is 0 Å². The predicted octanol–water partition coefficient (Wildman–Crippen LogP) is 6.60. The van der Waals surface area contributed by atoms with Crippen LogP contribution in [-0.4, -0.2) is 49.1 Å². The number of benzene rings is 3. The molecule has 3 aromatic carbocycles. The fraction of sp³-hybridized carbons (Fsp3) is 0.333. The van der Waals surface area contributed by atoms with E-state index in [2.05, 4.69) is 31.9 Å². The maximum absolute atomic E-state index is 12.4. The van der Waals surface area contributed by atoms with Crippen LogP contribution in [0.3, 0.4) is 0 Å². The molecule has 1 aliphatic heterocycles.